The second-order valence-electron chi connectivity index (χ2n) is 12.6. The molecular weight excluding hydrogens is 520 g/mol. The lowest BCUT2D eigenvalue weighted by Crippen LogP contribution is -2.47. The molecule has 4 aliphatic rings. The summed E-state index contributed by atoms with van der Waals surface area (Å²) < 4.78 is 18.4. The van der Waals surface area contributed by atoms with E-state index in [1.165, 1.54) is 0 Å². The number of rotatable bonds is 10. The SMILES string of the molecule is C=C[C@H](Oc1nc(C(=O)C2=C(N)[C@]3(CCCCC3=O)[C@@H](C)CC2)nc2c1COC[C@]21CCOC1)[C@@H](C)CCCNC. The number of carbonyl (C=O) groups is 2. The van der Waals surface area contributed by atoms with Crippen LogP contribution in [0.4, 0.5) is 0 Å². The molecule has 1 saturated carbocycles. The molecule has 1 aromatic rings. The predicted octanol–water partition coefficient (Wildman–Crippen LogP) is 4.19. The first kappa shape index (κ1) is 29.9. The van der Waals surface area contributed by atoms with Crippen LogP contribution in [-0.4, -0.2) is 61.1 Å². The molecule has 9 nitrogen and oxygen atoms in total. The third kappa shape index (κ3) is 5.37. The molecule has 0 aromatic carbocycles. The number of hydrogen-bond acceptors (Lipinski definition) is 9. The van der Waals surface area contributed by atoms with Gasteiger partial charge >= 0.3 is 0 Å². The van der Waals surface area contributed by atoms with Crippen molar-refractivity contribution >= 4 is 11.6 Å². The van der Waals surface area contributed by atoms with Crippen molar-refractivity contribution in [2.24, 2.45) is 23.0 Å². The van der Waals surface area contributed by atoms with Gasteiger partial charge in [0.2, 0.25) is 17.5 Å². The van der Waals surface area contributed by atoms with E-state index < -0.39 is 10.8 Å². The van der Waals surface area contributed by atoms with E-state index in [0.29, 0.717) is 62.8 Å². The van der Waals surface area contributed by atoms with Crippen LogP contribution in [0, 0.1) is 17.3 Å². The molecule has 2 aliphatic heterocycles. The molecule has 3 heterocycles. The minimum Gasteiger partial charge on any atom is -0.469 e. The molecule has 2 spiro atoms. The van der Waals surface area contributed by atoms with Gasteiger partial charge in [0.05, 0.1) is 41.9 Å². The lowest BCUT2D eigenvalue weighted by atomic mass is 9.58. The van der Waals surface area contributed by atoms with Gasteiger partial charge in [0, 0.05) is 24.3 Å². The Kier molecular flexibility index (Phi) is 8.97. The van der Waals surface area contributed by atoms with Crippen molar-refractivity contribution in [1.29, 1.82) is 0 Å². The summed E-state index contributed by atoms with van der Waals surface area (Å²) in [6, 6.07) is 0. The number of allylic oxidation sites excluding steroid dienone is 2. The molecule has 3 N–H and O–H groups in total. The number of aromatic nitrogens is 2. The summed E-state index contributed by atoms with van der Waals surface area (Å²) in [4.78, 5) is 37.2. The average Bonchev–Trinajstić information content (AvgIpc) is 3.44. The molecular formula is C32H46N4O5. The van der Waals surface area contributed by atoms with E-state index in [4.69, 9.17) is 29.9 Å². The summed E-state index contributed by atoms with van der Waals surface area (Å²) in [5.74, 6) is 0.579. The highest BCUT2D eigenvalue weighted by molar-refractivity contribution is 6.08. The van der Waals surface area contributed by atoms with Crippen molar-refractivity contribution in [1.82, 2.24) is 15.3 Å². The van der Waals surface area contributed by atoms with Gasteiger partial charge in [-0.15, -0.1) is 0 Å². The first-order valence-electron chi connectivity index (χ1n) is 15.3. The highest BCUT2D eigenvalue weighted by Crippen LogP contribution is 2.50. The Morgan fingerprint density at radius 2 is 2.05 bits per heavy atom. The van der Waals surface area contributed by atoms with Crippen LogP contribution in [0.15, 0.2) is 23.9 Å². The van der Waals surface area contributed by atoms with Crippen molar-refractivity contribution < 1.29 is 23.8 Å². The van der Waals surface area contributed by atoms with Crippen LogP contribution in [0.5, 0.6) is 5.88 Å². The van der Waals surface area contributed by atoms with Crippen molar-refractivity contribution in [3.63, 3.8) is 0 Å². The molecule has 2 fully saturated rings. The molecule has 2 aliphatic carbocycles. The maximum absolute atomic E-state index is 14.2. The molecule has 9 heteroatoms. The fourth-order valence-electron chi connectivity index (χ4n) is 7.35. The van der Waals surface area contributed by atoms with Gasteiger partial charge in [-0.05, 0) is 70.4 Å². The van der Waals surface area contributed by atoms with E-state index in [2.05, 4.69) is 25.7 Å². The number of fused-ring (bicyclic) bond motifs is 2. The standard InChI is InChI=1S/C32H46N4O5/c1-5-24(20(2)9-8-15-34-4)41-30-23-17-40-19-31(14-16-39-18-31)28(23)35-29(36-30)26(38)22-12-11-21(3)32(27(22)33)13-7-6-10-25(32)37/h5,20-21,24,34H,1,6-19,33H2,2-4H3/t20-,21-,24-,31+,32+/m0/s1. The number of nitrogens with one attached hydrogen (secondary N) is 1. The Hall–Kier alpha value is -2.62. The summed E-state index contributed by atoms with van der Waals surface area (Å²) >= 11 is 0. The average molecular weight is 567 g/mol. The Morgan fingerprint density at radius 3 is 2.76 bits per heavy atom. The molecule has 0 amide bonds. The van der Waals surface area contributed by atoms with Crippen LogP contribution >= 0.6 is 0 Å². The number of hydrogen-bond donors (Lipinski definition) is 2. The molecule has 1 saturated heterocycles. The zero-order chi connectivity index (χ0) is 29.2. The molecule has 1 aromatic heterocycles. The van der Waals surface area contributed by atoms with Crippen LogP contribution in [0.2, 0.25) is 0 Å². The van der Waals surface area contributed by atoms with Gasteiger partial charge in [0.25, 0.3) is 0 Å². The topological polar surface area (TPSA) is 126 Å². The van der Waals surface area contributed by atoms with E-state index in [1.807, 2.05) is 7.05 Å². The van der Waals surface area contributed by atoms with E-state index in [0.717, 1.165) is 56.3 Å². The maximum Gasteiger partial charge on any atom is 0.228 e. The zero-order valence-electron chi connectivity index (χ0n) is 24.9. The van der Waals surface area contributed by atoms with Crippen LogP contribution in [-0.2, 0) is 26.3 Å². The van der Waals surface area contributed by atoms with Gasteiger partial charge in [0.15, 0.2) is 0 Å². The number of ether oxygens (including phenoxy) is 3. The summed E-state index contributed by atoms with van der Waals surface area (Å²) in [7, 11) is 1.95. The second-order valence-corrected chi connectivity index (χ2v) is 12.6. The van der Waals surface area contributed by atoms with E-state index >= 15 is 0 Å². The smallest absolute Gasteiger partial charge is 0.228 e. The van der Waals surface area contributed by atoms with Crippen LogP contribution in [0.3, 0.4) is 0 Å². The first-order chi connectivity index (χ1) is 19.8. The Morgan fingerprint density at radius 1 is 1.24 bits per heavy atom. The highest BCUT2D eigenvalue weighted by Gasteiger charge is 2.51. The fourth-order valence-corrected chi connectivity index (χ4v) is 7.35. The van der Waals surface area contributed by atoms with Crippen LogP contribution < -0.4 is 15.8 Å². The van der Waals surface area contributed by atoms with Gasteiger partial charge in [-0.2, -0.15) is 4.98 Å². The van der Waals surface area contributed by atoms with Gasteiger partial charge in [-0.1, -0.05) is 32.9 Å². The number of carbonyl (C=O) groups excluding carboxylic acids is 2. The minimum atomic E-state index is -0.764. The Balaban J connectivity index is 1.56. The number of Topliss-reactive ketones (excluding diaryl/α,β-unsaturated/α-hetero) is 2. The molecule has 0 unspecified atom stereocenters. The summed E-state index contributed by atoms with van der Waals surface area (Å²) in [5.41, 5.74) is 8.03. The Labute approximate surface area is 243 Å². The fraction of sp³-hybridized carbons (Fsp3) is 0.688. The molecule has 0 radical (unpaired) electrons. The lowest BCUT2D eigenvalue weighted by Gasteiger charge is -2.45. The van der Waals surface area contributed by atoms with Gasteiger partial charge in [-0.25, -0.2) is 4.98 Å². The Bertz CT molecular complexity index is 1210. The number of nitrogens with zero attached hydrogens (tertiary/aromatic N) is 2. The molecule has 224 valence electrons. The monoisotopic (exact) mass is 566 g/mol. The third-order valence-electron chi connectivity index (χ3n) is 10.0. The van der Waals surface area contributed by atoms with Crippen molar-refractivity contribution in [2.45, 2.75) is 89.8 Å². The van der Waals surface area contributed by atoms with Gasteiger partial charge in [-0.3, -0.25) is 9.59 Å². The van der Waals surface area contributed by atoms with Crippen LogP contribution in [0.25, 0.3) is 0 Å². The van der Waals surface area contributed by atoms with Crippen molar-refractivity contribution in [3.8, 4) is 5.88 Å². The summed E-state index contributed by atoms with van der Waals surface area (Å²) in [6.07, 6.45) is 8.46. The van der Waals surface area contributed by atoms with Crippen molar-refractivity contribution in [2.75, 3.05) is 33.4 Å². The zero-order valence-corrected chi connectivity index (χ0v) is 24.9. The number of ketones is 2. The second kappa shape index (κ2) is 12.3. The van der Waals surface area contributed by atoms with Crippen LogP contribution in [0.1, 0.15) is 93.5 Å². The van der Waals surface area contributed by atoms with E-state index in [9.17, 15) is 9.59 Å². The molecule has 0 bridgehead atoms. The third-order valence-corrected chi connectivity index (χ3v) is 10.0. The quantitative estimate of drug-likeness (QED) is 0.244. The molecule has 5 rings (SSSR count). The molecule has 5 atom stereocenters. The van der Waals surface area contributed by atoms with Gasteiger partial charge < -0.3 is 25.3 Å². The highest BCUT2D eigenvalue weighted by atomic mass is 16.5. The first-order valence-corrected chi connectivity index (χ1v) is 15.3. The predicted molar refractivity (Wildman–Crippen MR) is 156 cm³/mol. The summed E-state index contributed by atoms with van der Waals surface area (Å²) in [6.45, 7) is 11.0. The largest absolute Gasteiger partial charge is 0.469 e. The molecule has 41 heavy (non-hydrogen) atoms. The maximum atomic E-state index is 14.2. The minimum absolute atomic E-state index is 0.0727. The lowest BCUT2D eigenvalue weighted by molar-refractivity contribution is -0.132. The summed E-state index contributed by atoms with van der Waals surface area (Å²) in [5, 5.41) is 3.19. The number of nitrogens with two attached hydrogens (primary N) is 1. The van der Waals surface area contributed by atoms with Gasteiger partial charge in [0.1, 0.15) is 11.9 Å². The normalized spacial score (nSPS) is 29.4. The van der Waals surface area contributed by atoms with E-state index in [-0.39, 0.29) is 35.3 Å². The van der Waals surface area contributed by atoms with E-state index in [1.54, 1.807) is 6.08 Å². The van der Waals surface area contributed by atoms with Crippen molar-refractivity contribution in [3.05, 3.63) is 41.0 Å².